The number of likely N-dealkylation sites (tertiary alicyclic amines) is 1. The van der Waals surface area contributed by atoms with Crippen molar-refractivity contribution < 1.29 is 24.9 Å². The molecular weight excluding hydrogens is 418 g/mol. The Morgan fingerprint density at radius 2 is 1.82 bits per heavy atom. The number of nitrogens with zero attached hydrogens (tertiary/aromatic N) is 1. The first-order valence-electron chi connectivity index (χ1n) is 11.9. The molecular formula is C27H31NO5. The summed E-state index contributed by atoms with van der Waals surface area (Å²) in [6.07, 6.45) is 7.09. The largest absolute Gasteiger partial charge is 0.504 e. The lowest BCUT2D eigenvalue weighted by atomic mass is 9.50. The van der Waals surface area contributed by atoms with Crippen molar-refractivity contribution in [2.45, 2.75) is 62.5 Å². The van der Waals surface area contributed by atoms with Crippen LogP contribution >= 0.6 is 0 Å². The molecule has 6 rings (SSSR count). The van der Waals surface area contributed by atoms with E-state index in [1.165, 1.54) is 25.3 Å². The zero-order chi connectivity index (χ0) is 23.2. The number of fused-ring (bicyclic) bond motifs is 1. The SMILES string of the molecule is C1CC1.CCN1CC[C@]23CC(=O)C(Oc4ccccc4)=C[C@@]2(O)C1Cc1ccc(O)c(O)c13. The second-order valence-corrected chi connectivity index (χ2v) is 9.56. The molecule has 2 fully saturated rings. The molecule has 2 aromatic rings. The van der Waals surface area contributed by atoms with E-state index in [0.29, 0.717) is 30.7 Å². The molecule has 4 aliphatic rings. The van der Waals surface area contributed by atoms with Gasteiger partial charge in [0.2, 0.25) is 0 Å². The maximum absolute atomic E-state index is 13.2. The van der Waals surface area contributed by atoms with Crippen molar-refractivity contribution in [1.82, 2.24) is 4.90 Å². The fourth-order valence-electron chi connectivity index (χ4n) is 5.71. The lowest BCUT2D eigenvalue weighted by molar-refractivity contribution is -0.142. The minimum Gasteiger partial charge on any atom is -0.504 e. The lowest BCUT2D eigenvalue weighted by Crippen LogP contribution is -2.72. The number of phenolic OH excluding ortho intramolecular Hbond substituents is 2. The quantitative estimate of drug-likeness (QED) is 0.617. The highest BCUT2D eigenvalue weighted by Crippen LogP contribution is 2.59. The number of hydrogen-bond acceptors (Lipinski definition) is 6. The van der Waals surface area contributed by atoms with Gasteiger partial charge >= 0.3 is 0 Å². The van der Waals surface area contributed by atoms with Gasteiger partial charge in [0, 0.05) is 23.4 Å². The van der Waals surface area contributed by atoms with Crippen molar-refractivity contribution in [3.05, 3.63) is 65.4 Å². The number of aliphatic hydroxyl groups is 1. The molecule has 3 aliphatic carbocycles. The number of likely N-dealkylation sites (N-methyl/N-ethyl adjacent to an activating group) is 1. The van der Waals surface area contributed by atoms with Crippen molar-refractivity contribution in [3.8, 4) is 17.2 Å². The van der Waals surface area contributed by atoms with Crippen LogP contribution in [0.1, 0.15) is 50.2 Å². The number of piperidine rings is 1. The summed E-state index contributed by atoms with van der Waals surface area (Å²) >= 11 is 0. The van der Waals surface area contributed by atoms with Gasteiger partial charge in [0.1, 0.15) is 11.4 Å². The molecule has 1 heterocycles. The molecule has 1 saturated carbocycles. The molecule has 1 unspecified atom stereocenters. The van der Waals surface area contributed by atoms with E-state index in [9.17, 15) is 20.1 Å². The van der Waals surface area contributed by atoms with Crippen molar-refractivity contribution >= 4 is 5.78 Å². The molecule has 174 valence electrons. The Balaban J connectivity index is 0.000000705. The molecule has 2 bridgehead atoms. The number of aromatic hydroxyl groups is 2. The fraction of sp³-hybridized carbons (Fsp3) is 0.444. The van der Waals surface area contributed by atoms with Gasteiger partial charge in [0.05, 0.1) is 0 Å². The van der Waals surface area contributed by atoms with E-state index in [-0.39, 0.29) is 35.5 Å². The molecule has 1 saturated heterocycles. The highest BCUT2D eigenvalue weighted by atomic mass is 16.5. The van der Waals surface area contributed by atoms with Crippen LogP contribution in [-0.2, 0) is 16.6 Å². The molecule has 3 atom stereocenters. The summed E-state index contributed by atoms with van der Waals surface area (Å²) in [5, 5.41) is 33.1. The van der Waals surface area contributed by atoms with Crippen LogP contribution in [0.3, 0.4) is 0 Å². The number of rotatable bonds is 3. The maximum Gasteiger partial charge on any atom is 0.198 e. The van der Waals surface area contributed by atoms with Crippen LogP contribution in [-0.4, -0.2) is 50.7 Å². The topological polar surface area (TPSA) is 90.2 Å². The van der Waals surface area contributed by atoms with Crippen LogP contribution in [0.25, 0.3) is 0 Å². The lowest BCUT2D eigenvalue weighted by Gasteiger charge is -2.61. The number of hydrogen-bond donors (Lipinski definition) is 3. The predicted molar refractivity (Wildman–Crippen MR) is 124 cm³/mol. The second kappa shape index (κ2) is 8.19. The molecule has 3 N–H and O–H groups in total. The summed E-state index contributed by atoms with van der Waals surface area (Å²) in [7, 11) is 0. The average Bonchev–Trinajstić information content (AvgIpc) is 3.67. The Labute approximate surface area is 194 Å². The number of Topliss-reactive ketones (excluding diaryl/α,β-unsaturated/α-hetero) is 1. The number of ether oxygens (including phenoxy) is 1. The summed E-state index contributed by atoms with van der Waals surface area (Å²) in [4.78, 5) is 15.4. The molecule has 0 amide bonds. The van der Waals surface area contributed by atoms with Crippen molar-refractivity contribution in [2.75, 3.05) is 13.1 Å². The van der Waals surface area contributed by atoms with E-state index >= 15 is 0 Å². The van der Waals surface area contributed by atoms with Crippen molar-refractivity contribution in [2.24, 2.45) is 0 Å². The normalized spacial score (nSPS) is 29.7. The van der Waals surface area contributed by atoms with Gasteiger partial charge in [-0.25, -0.2) is 0 Å². The minimum absolute atomic E-state index is 0.0141. The molecule has 6 nitrogen and oxygen atoms in total. The first kappa shape index (κ1) is 22.0. The first-order valence-corrected chi connectivity index (χ1v) is 11.9. The maximum atomic E-state index is 13.2. The number of phenols is 2. The van der Waals surface area contributed by atoms with E-state index in [2.05, 4.69) is 11.8 Å². The molecule has 33 heavy (non-hydrogen) atoms. The van der Waals surface area contributed by atoms with Crippen LogP contribution in [0.5, 0.6) is 17.2 Å². The molecule has 0 radical (unpaired) electrons. The van der Waals surface area contributed by atoms with Crippen molar-refractivity contribution in [3.63, 3.8) is 0 Å². The Kier molecular flexibility index (Phi) is 5.46. The number of benzene rings is 2. The predicted octanol–water partition coefficient (Wildman–Crippen LogP) is 3.82. The summed E-state index contributed by atoms with van der Waals surface area (Å²) in [5.41, 5.74) is -1.04. The van der Waals surface area contributed by atoms with E-state index in [4.69, 9.17) is 4.74 Å². The Morgan fingerprint density at radius 3 is 2.48 bits per heavy atom. The van der Waals surface area contributed by atoms with Gasteiger partial charge in [-0.1, -0.05) is 50.5 Å². The number of ketones is 1. The van der Waals surface area contributed by atoms with Gasteiger partial charge in [-0.15, -0.1) is 0 Å². The van der Waals surface area contributed by atoms with Gasteiger partial charge in [-0.3, -0.25) is 9.69 Å². The summed E-state index contributed by atoms with van der Waals surface area (Å²) in [6, 6.07) is 12.1. The van der Waals surface area contributed by atoms with Crippen LogP contribution < -0.4 is 4.74 Å². The fourth-order valence-corrected chi connectivity index (χ4v) is 5.71. The zero-order valence-electron chi connectivity index (χ0n) is 19.0. The molecule has 0 aromatic heterocycles. The summed E-state index contributed by atoms with van der Waals surface area (Å²) in [5.74, 6) is -0.0217. The van der Waals surface area contributed by atoms with Gasteiger partial charge in [0.15, 0.2) is 23.0 Å². The van der Waals surface area contributed by atoms with Crippen LogP contribution in [0.4, 0.5) is 0 Å². The number of carbonyl (C=O) groups excluding carboxylic acids is 1. The highest BCUT2D eigenvalue weighted by molar-refractivity contribution is 5.97. The Bertz CT molecular complexity index is 1090. The highest BCUT2D eigenvalue weighted by Gasteiger charge is 2.65. The first-order chi connectivity index (χ1) is 15.9. The van der Waals surface area contributed by atoms with E-state index in [1.54, 1.807) is 24.3 Å². The third-order valence-electron chi connectivity index (χ3n) is 7.49. The van der Waals surface area contributed by atoms with Crippen LogP contribution in [0.15, 0.2) is 54.3 Å². The summed E-state index contributed by atoms with van der Waals surface area (Å²) < 4.78 is 5.88. The molecule has 1 aliphatic heterocycles. The number of para-hydroxylation sites is 1. The molecule has 0 spiro atoms. The van der Waals surface area contributed by atoms with Crippen LogP contribution in [0.2, 0.25) is 0 Å². The molecule has 6 heteroatoms. The van der Waals surface area contributed by atoms with Gasteiger partial charge < -0.3 is 20.1 Å². The van der Waals surface area contributed by atoms with E-state index in [0.717, 1.165) is 12.1 Å². The Morgan fingerprint density at radius 1 is 1.09 bits per heavy atom. The Hall–Kier alpha value is -2.83. The smallest absolute Gasteiger partial charge is 0.198 e. The second-order valence-electron chi connectivity index (χ2n) is 9.56. The standard InChI is InChI=1S/C24H25NO5.C3H6/c1-2-25-11-10-23-13-18(27)19(30-16-6-4-3-5-7-16)14-24(23,29)20(25)12-15-8-9-17(26)22(28)21(15)23;1-2-3-1/h3-9,14,20,26,28-29H,2,10-13H2,1H3;1-3H2/t20?,23-,24-;/m1./s1. The van der Waals surface area contributed by atoms with Gasteiger partial charge in [0.25, 0.3) is 0 Å². The van der Waals surface area contributed by atoms with E-state index in [1.807, 2.05) is 18.2 Å². The average molecular weight is 450 g/mol. The zero-order valence-corrected chi connectivity index (χ0v) is 19.0. The monoisotopic (exact) mass is 449 g/mol. The number of carbonyl (C=O) groups is 1. The van der Waals surface area contributed by atoms with E-state index < -0.39 is 11.0 Å². The van der Waals surface area contributed by atoms with Gasteiger partial charge in [-0.2, -0.15) is 0 Å². The van der Waals surface area contributed by atoms with Crippen molar-refractivity contribution in [1.29, 1.82) is 0 Å². The van der Waals surface area contributed by atoms with Crippen LogP contribution in [0, 0.1) is 0 Å². The summed E-state index contributed by atoms with van der Waals surface area (Å²) in [6.45, 7) is 3.52. The van der Waals surface area contributed by atoms with Gasteiger partial charge in [-0.05, 0) is 55.8 Å². The third-order valence-corrected chi connectivity index (χ3v) is 7.49. The minimum atomic E-state index is -1.41. The molecule has 2 aromatic carbocycles. The number of allylic oxidation sites excluding steroid dienone is 1. The third kappa shape index (κ3) is 3.52.